The highest BCUT2D eigenvalue weighted by molar-refractivity contribution is 9.10. The van der Waals surface area contributed by atoms with E-state index in [9.17, 15) is 4.79 Å². The Kier molecular flexibility index (Phi) is 7.11. The lowest BCUT2D eigenvalue weighted by atomic mass is 10.1. The molecule has 1 aromatic heterocycles. The number of aromatic nitrogens is 1. The number of carbonyl (C=O) groups excluding carboxylic acids is 1. The first-order valence-corrected chi connectivity index (χ1v) is 11.0. The normalized spacial score (nSPS) is 10.9. The predicted molar refractivity (Wildman–Crippen MR) is 107 cm³/mol. The number of fused-ring (bicyclic) bond motifs is 1. The summed E-state index contributed by atoms with van der Waals surface area (Å²) >= 11 is 3.46. The monoisotopic (exact) mass is 394 g/mol. The van der Waals surface area contributed by atoms with Crippen LogP contribution in [0.5, 0.6) is 0 Å². The second-order valence-electron chi connectivity index (χ2n) is 5.46. The Bertz CT molecular complexity index is 770. The summed E-state index contributed by atoms with van der Waals surface area (Å²) in [5.74, 6) is 3.59. The molecular formula is C18H23BrN2OS. The van der Waals surface area contributed by atoms with E-state index in [4.69, 9.17) is 0 Å². The lowest BCUT2D eigenvalue weighted by Gasteiger charge is -2.15. The minimum Gasteiger partial charge on any atom is -0.310 e. The maximum atomic E-state index is 11.4. The largest absolute Gasteiger partial charge is 0.310 e. The number of benzene rings is 1. The van der Waals surface area contributed by atoms with Crippen LogP contribution in [0, 0.1) is 11.2 Å². The summed E-state index contributed by atoms with van der Waals surface area (Å²) in [6, 6.07) is 5.96. The van der Waals surface area contributed by atoms with E-state index >= 15 is 0 Å². The van der Waals surface area contributed by atoms with Gasteiger partial charge in [-0.25, -0.2) is 4.98 Å². The van der Waals surface area contributed by atoms with E-state index < -0.39 is 10.0 Å². The van der Waals surface area contributed by atoms with Gasteiger partial charge >= 0.3 is 0 Å². The van der Waals surface area contributed by atoms with Crippen molar-refractivity contribution in [3.8, 4) is 11.2 Å². The van der Waals surface area contributed by atoms with E-state index in [1.165, 1.54) is 6.92 Å². The van der Waals surface area contributed by atoms with Crippen LogP contribution in [0.4, 0.5) is 5.82 Å². The second kappa shape index (κ2) is 8.37. The van der Waals surface area contributed by atoms with Crippen LogP contribution in [-0.4, -0.2) is 29.7 Å². The van der Waals surface area contributed by atoms with Crippen molar-refractivity contribution < 1.29 is 4.79 Å². The number of hydrogen-bond donors (Lipinski definition) is 1. The number of nitrogens with one attached hydrogen (secondary N) is 1. The number of carbonyl (C=O) groups is 1. The first-order chi connectivity index (χ1) is 10.8. The van der Waals surface area contributed by atoms with Crippen molar-refractivity contribution in [2.24, 2.45) is 0 Å². The fourth-order valence-electron chi connectivity index (χ4n) is 1.79. The van der Waals surface area contributed by atoms with E-state index in [1.54, 1.807) is 6.20 Å². The number of pyridine rings is 1. The van der Waals surface area contributed by atoms with Gasteiger partial charge in [-0.1, -0.05) is 41.8 Å². The summed E-state index contributed by atoms with van der Waals surface area (Å²) in [7, 11) is -0.955. The third-order valence-corrected chi connectivity index (χ3v) is 3.84. The molecule has 0 saturated heterocycles. The number of anilines is 1. The molecule has 1 aromatic carbocycles. The van der Waals surface area contributed by atoms with Gasteiger partial charge in [0.1, 0.15) is 5.82 Å². The zero-order chi connectivity index (χ0) is 17.6. The van der Waals surface area contributed by atoms with Crippen LogP contribution in [0.1, 0.15) is 26.3 Å². The molecule has 0 atom stereocenters. The Hall–Kier alpha value is -1.51. The van der Waals surface area contributed by atoms with Crippen LogP contribution in [0.2, 0.25) is 0 Å². The zero-order valence-electron chi connectivity index (χ0n) is 14.5. The van der Waals surface area contributed by atoms with Gasteiger partial charge in [-0.2, -0.15) is 10.0 Å². The summed E-state index contributed by atoms with van der Waals surface area (Å²) in [5, 5.41) is 8.04. The quantitative estimate of drug-likeness (QED) is 0.692. The van der Waals surface area contributed by atoms with Crippen LogP contribution < -0.4 is 5.32 Å². The van der Waals surface area contributed by atoms with Gasteiger partial charge in [0.05, 0.1) is 5.56 Å². The molecule has 0 spiro atoms. The van der Waals surface area contributed by atoms with Gasteiger partial charge in [0, 0.05) is 28.4 Å². The van der Waals surface area contributed by atoms with E-state index in [-0.39, 0.29) is 5.91 Å². The average molecular weight is 395 g/mol. The van der Waals surface area contributed by atoms with Crippen LogP contribution in [-0.2, 0) is 4.79 Å². The molecule has 0 aliphatic rings. The molecule has 1 N–H and O–H groups in total. The number of rotatable bonds is 1. The molecule has 3 nitrogen and oxygen atoms in total. The first kappa shape index (κ1) is 19.5. The van der Waals surface area contributed by atoms with E-state index in [0.29, 0.717) is 5.82 Å². The minimum atomic E-state index is -0.955. The lowest BCUT2D eigenvalue weighted by molar-refractivity contribution is -0.114. The van der Waals surface area contributed by atoms with Gasteiger partial charge in [-0.15, -0.1) is 0 Å². The maximum Gasteiger partial charge on any atom is 0.222 e. The number of amides is 1. The van der Waals surface area contributed by atoms with Gasteiger partial charge in [0.25, 0.3) is 0 Å². The Labute approximate surface area is 148 Å². The fourth-order valence-corrected chi connectivity index (χ4v) is 2.57. The molecule has 23 heavy (non-hydrogen) atoms. The van der Waals surface area contributed by atoms with Crippen LogP contribution in [0.3, 0.4) is 0 Å². The van der Waals surface area contributed by atoms with Crippen molar-refractivity contribution in [2.75, 3.05) is 24.1 Å². The second-order valence-corrected chi connectivity index (χ2v) is 10.3. The van der Waals surface area contributed by atoms with Gasteiger partial charge in [0.15, 0.2) is 0 Å². The summed E-state index contributed by atoms with van der Waals surface area (Å²) in [5.41, 5.74) is 0.776. The smallest absolute Gasteiger partial charge is 0.222 e. The van der Waals surface area contributed by atoms with Crippen molar-refractivity contribution in [2.45, 2.75) is 20.8 Å². The zero-order valence-corrected chi connectivity index (χ0v) is 16.9. The van der Waals surface area contributed by atoms with Crippen molar-refractivity contribution in [3.05, 3.63) is 34.4 Å². The average Bonchev–Trinajstić information content (AvgIpc) is 2.46. The highest BCUT2D eigenvalue weighted by atomic mass is 79.9. The van der Waals surface area contributed by atoms with Gasteiger partial charge in [-0.3, -0.25) is 4.79 Å². The Morgan fingerprint density at radius 2 is 1.91 bits per heavy atom. The van der Waals surface area contributed by atoms with Crippen LogP contribution >= 0.6 is 26.0 Å². The fraction of sp³-hybridized carbons (Fsp3) is 0.333. The predicted octanol–water partition coefficient (Wildman–Crippen LogP) is 4.98. The molecule has 0 saturated carbocycles. The summed E-state index contributed by atoms with van der Waals surface area (Å²) < 4.78 is 0.990. The lowest BCUT2D eigenvalue weighted by Crippen LogP contribution is -2.09. The van der Waals surface area contributed by atoms with Gasteiger partial charge in [-0.05, 0) is 36.2 Å². The summed E-state index contributed by atoms with van der Waals surface area (Å²) in [6.07, 6.45) is 8.15. The SMILES string of the molecule is CC.CC(=O)Nc1ncc2cc(Br)ccc2c1C#CS(C)(C)C. The maximum absolute atomic E-state index is 11.4. The van der Waals surface area contributed by atoms with Crippen LogP contribution in [0.15, 0.2) is 28.9 Å². The number of hydrogen-bond acceptors (Lipinski definition) is 2. The van der Waals surface area contributed by atoms with Crippen molar-refractivity contribution in [3.63, 3.8) is 0 Å². The summed E-state index contributed by atoms with van der Waals surface area (Å²) in [6.45, 7) is 5.47. The molecule has 2 aromatic rings. The Balaban J connectivity index is 0.00000127. The van der Waals surface area contributed by atoms with E-state index in [0.717, 1.165) is 20.8 Å². The van der Waals surface area contributed by atoms with Crippen molar-refractivity contribution in [1.29, 1.82) is 0 Å². The molecule has 0 unspecified atom stereocenters. The third kappa shape index (κ3) is 5.89. The molecular weight excluding hydrogens is 372 g/mol. The molecule has 0 radical (unpaired) electrons. The molecule has 1 amide bonds. The molecule has 124 valence electrons. The third-order valence-electron chi connectivity index (χ3n) is 2.63. The van der Waals surface area contributed by atoms with Crippen LogP contribution in [0.25, 0.3) is 10.8 Å². The molecule has 0 aliphatic heterocycles. The van der Waals surface area contributed by atoms with Crippen molar-refractivity contribution >= 4 is 48.5 Å². The molecule has 2 rings (SSSR count). The molecule has 0 bridgehead atoms. The topological polar surface area (TPSA) is 42.0 Å². The Morgan fingerprint density at radius 1 is 1.26 bits per heavy atom. The minimum absolute atomic E-state index is 0.148. The van der Waals surface area contributed by atoms with Gasteiger partial charge < -0.3 is 5.32 Å². The standard InChI is InChI=1S/C16H17BrN2OS.C2H6/c1-11(20)19-16-15(7-8-21(2,3)4)14-6-5-13(17)9-12(14)10-18-16;1-2/h5-6,9-10H,1-4H3,(H,18,19,20);1-2H3. The Morgan fingerprint density at radius 3 is 2.48 bits per heavy atom. The van der Waals surface area contributed by atoms with E-state index in [1.807, 2.05) is 32.0 Å². The van der Waals surface area contributed by atoms with E-state index in [2.05, 4.69) is 56.2 Å². The molecule has 0 fully saturated rings. The number of halogens is 1. The van der Waals surface area contributed by atoms with Gasteiger partial charge in [0.2, 0.25) is 5.91 Å². The highest BCUT2D eigenvalue weighted by Crippen LogP contribution is 2.33. The first-order valence-electron chi connectivity index (χ1n) is 7.33. The molecule has 1 heterocycles. The highest BCUT2D eigenvalue weighted by Gasteiger charge is 2.10. The summed E-state index contributed by atoms with van der Waals surface area (Å²) in [4.78, 5) is 15.7. The molecule has 5 heteroatoms. The molecule has 0 aliphatic carbocycles. The van der Waals surface area contributed by atoms with Crippen molar-refractivity contribution in [1.82, 2.24) is 4.98 Å². The number of nitrogens with zero attached hydrogens (tertiary/aromatic N) is 1.